The molecule has 0 saturated heterocycles. The summed E-state index contributed by atoms with van der Waals surface area (Å²) in [7, 11) is 0. The highest BCUT2D eigenvalue weighted by Crippen LogP contribution is 2.28. The van der Waals surface area contributed by atoms with Crippen molar-refractivity contribution in [2.75, 3.05) is 0 Å². The van der Waals surface area contributed by atoms with Crippen molar-refractivity contribution < 1.29 is 27.0 Å². The lowest BCUT2D eigenvalue weighted by Crippen LogP contribution is -2.17. The number of ether oxygens (including phenoxy) is 2. The predicted octanol–water partition coefficient (Wildman–Crippen LogP) is 4.30. The van der Waals surface area contributed by atoms with Crippen LogP contribution in [0.3, 0.4) is 0 Å². The van der Waals surface area contributed by atoms with Gasteiger partial charge in [0.05, 0.1) is 0 Å². The Hall–Kier alpha value is -2.24. The molecule has 2 aromatic rings. The maximum Gasteiger partial charge on any atom is 0.573 e. The van der Waals surface area contributed by atoms with Gasteiger partial charge < -0.3 is 9.47 Å². The van der Waals surface area contributed by atoms with Crippen molar-refractivity contribution in [3.63, 3.8) is 0 Å². The predicted molar refractivity (Wildman–Crippen MR) is 63.9 cm³/mol. The minimum absolute atomic E-state index is 0.0488. The molecule has 0 bridgehead atoms. The summed E-state index contributed by atoms with van der Waals surface area (Å²) in [6, 6.07) is 11.5. The molecule has 0 N–H and O–H groups in total. The number of alkyl halides is 3. The van der Waals surface area contributed by atoms with Crippen molar-refractivity contribution >= 4 is 0 Å². The third kappa shape index (κ3) is 4.15. The van der Waals surface area contributed by atoms with Crippen LogP contribution in [0.15, 0.2) is 48.5 Å². The van der Waals surface area contributed by atoms with Gasteiger partial charge in [-0.3, -0.25) is 0 Å². The Kier molecular flexibility index (Phi) is 4.12. The molecule has 2 rings (SSSR count). The van der Waals surface area contributed by atoms with E-state index in [2.05, 4.69) is 4.74 Å². The van der Waals surface area contributed by atoms with E-state index in [0.717, 1.165) is 23.8 Å². The van der Waals surface area contributed by atoms with E-state index in [1.807, 2.05) is 6.07 Å². The molecule has 6 heteroatoms. The van der Waals surface area contributed by atoms with E-state index in [0.29, 0.717) is 0 Å². The van der Waals surface area contributed by atoms with E-state index in [9.17, 15) is 17.6 Å². The van der Waals surface area contributed by atoms with Gasteiger partial charge in [-0.2, -0.15) is 0 Å². The molecule has 0 aliphatic carbocycles. The van der Waals surface area contributed by atoms with E-state index in [1.54, 1.807) is 24.3 Å². The quantitative estimate of drug-likeness (QED) is 0.780. The summed E-state index contributed by atoms with van der Waals surface area (Å²) in [6.07, 6.45) is -4.82. The Morgan fingerprint density at radius 3 is 2.30 bits per heavy atom. The van der Waals surface area contributed by atoms with Crippen LogP contribution >= 0.6 is 0 Å². The molecule has 0 aliphatic heterocycles. The summed E-state index contributed by atoms with van der Waals surface area (Å²) >= 11 is 0. The lowest BCUT2D eigenvalue weighted by Gasteiger charge is -2.11. The number of rotatable bonds is 4. The van der Waals surface area contributed by atoms with Crippen molar-refractivity contribution in [1.82, 2.24) is 0 Å². The number of benzene rings is 2. The molecule has 0 amide bonds. The van der Waals surface area contributed by atoms with Crippen LogP contribution in [0.2, 0.25) is 0 Å². The van der Waals surface area contributed by atoms with Gasteiger partial charge in [-0.25, -0.2) is 4.39 Å². The second kappa shape index (κ2) is 5.81. The average molecular weight is 286 g/mol. The standard InChI is InChI=1S/C14H10F4O2/c15-12-7-6-11(20-14(16,17)18)8-13(12)19-9-10-4-2-1-3-5-10/h1-8H,9H2. The molecule has 0 unspecified atom stereocenters. The van der Waals surface area contributed by atoms with Crippen LogP contribution in [0.1, 0.15) is 5.56 Å². The maximum atomic E-state index is 13.4. The maximum absolute atomic E-state index is 13.4. The molecule has 2 nitrogen and oxygen atoms in total. The van der Waals surface area contributed by atoms with Crippen molar-refractivity contribution in [1.29, 1.82) is 0 Å². The fourth-order valence-corrected chi connectivity index (χ4v) is 1.53. The fourth-order valence-electron chi connectivity index (χ4n) is 1.53. The smallest absolute Gasteiger partial charge is 0.486 e. The monoisotopic (exact) mass is 286 g/mol. The van der Waals surface area contributed by atoms with E-state index >= 15 is 0 Å². The van der Waals surface area contributed by atoms with E-state index in [-0.39, 0.29) is 12.4 Å². The minimum Gasteiger partial charge on any atom is -0.486 e. The Bertz CT molecular complexity index is 567. The molecule has 0 aliphatic rings. The van der Waals surface area contributed by atoms with E-state index in [1.165, 1.54) is 0 Å². The normalized spacial score (nSPS) is 11.2. The first kappa shape index (κ1) is 14.2. The third-order valence-electron chi connectivity index (χ3n) is 2.37. The minimum atomic E-state index is -4.82. The van der Waals surface area contributed by atoms with Gasteiger partial charge in [0.15, 0.2) is 11.6 Å². The summed E-state index contributed by atoms with van der Waals surface area (Å²) < 4.78 is 58.5. The van der Waals surface area contributed by atoms with Crippen molar-refractivity contribution in [3.8, 4) is 11.5 Å². The summed E-state index contributed by atoms with van der Waals surface area (Å²) in [5.74, 6) is -1.58. The number of hydrogen-bond donors (Lipinski definition) is 0. The first-order chi connectivity index (χ1) is 9.44. The highest BCUT2D eigenvalue weighted by Gasteiger charge is 2.31. The summed E-state index contributed by atoms with van der Waals surface area (Å²) in [4.78, 5) is 0. The van der Waals surface area contributed by atoms with Gasteiger partial charge in [0.2, 0.25) is 0 Å². The Balaban J connectivity index is 2.09. The Morgan fingerprint density at radius 1 is 0.950 bits per heavy atom. The molecule has 106 valence electrons. The molecule has 0 spiro atoms. The van der Waals surface area contributed by atoms with Gasteiger partial charge in [0.25, 0.3) is 0 Å². The molecule has 2 aromatic carbocycles. The van der Waals surface area contributed by atoms with Crippen LogP contribution in [0.25, 0.3) is 0 Å². The van der Waals surface area contributed by atoms with Crippen LogP contribution in [0.5, 0.6) is 11.5 Å². The zero-order valence-electron chi connectivity index (χ0n) is 10.2. The molecule has 0 fully saturated rings. The van der Waals surface area contributed by atoms with Gasteiger partial charge >= 0.3 is 6.36 Å². The molecule has 20 heavy (non-hydrogen) atoms. The zero-order chi connectivity index (χ0) is 14.6. The molecule has 0 aromatic heterocycles. The second-order valence-corrected chi connectivity index (χ2v) is 3.91. The molecule has 0 saturated carbocycles. The molecule has 0 heterocycles. The first-order valence-electron chi connectivity index (χ1n) is 5.66. The largest absolute Gasteiger partial charge is 0.573 e. The van der Waals surface area contributed by atoms with Crippen molar-refractivity contribution in [3.05, 3.63) is 59.9 Å². The highest BCUT2D eigenvalue weighted by molar-refractivity contribution is 5.34. The van der Waals surface area contributed by atoms with Crippen LogP contribution in [0, 0.1) is 5.82 Å². The van der Waals surface area contributed by atoms with Gasteiger partial charge in [0.1, 0.15) is 12.4 Å². The van der Waals surface area contributed by atoms with Crippen LogP contribution < -0.4 is 9.47 Å². The third-order valence-corrected chi connectivity index (χ3v) is 2.37. The van der Waals surface area contributed by atoms with Gasteiger partial charge in [-0.15, -0.1) is 13.2 Å². The van der Waals surface area contributed by atoms with Gasteiger partial charge in [-0.1, -0.05) is 30.3 Å². The van der Waals surface area contributed by atoms with E-state index in [4.69, 9.17) is 4.74 Å². The fraction of sp³-hybridized carbons (Fsp3) is 0.143. The number of hydrogen-bond acceptors (Lipinski definition) is 2. The van der Waals surface area contributed by atoms with Crippen LogP contribution in [-0.2, 0) is 6.61 Å². The van der Waals surface area contributed by atoms with E-state index < -0.39 is 17.9 Å². The van der Waals surface area contributed by atoms with Crippen LogP contribution in [-0.4, -0.2) is 6.36 Å². The molecule has 0 radical (unpaired) electrons. The van der Waals surface area contributed by atoms with Gasteiger partial charge in [-0.05, 0) is 17.7 Å². The Morgan fingerprint density at radius 2 is 1.65 bits per heavy atom. The topological polar surface area (TPSA) is 18.5 Å². The Labute approximate surface area is 112 Å². The lowest BCUT2D eigenvalue weighted by atomic mass is 10.2. The second-order valence-electron chi connectivity index (χ2n) is 3.91. The lowest BCUT2D eigenvalue weighted by molar-refractivity contribution is -0.274. The number of halogens is 4. The van der Waals surface area contributed by atoms with Gasteiger partial charge in [0, 0.05) is 6.07 Å². The highest BCUT2D eigenvalue weighted by atomic mass is 19.4. The van der Waals surface area contributed by atoms with Crippen molar-refractivity contribution in [2.45, 2.75) is 13.0 Å². The average Bonchev–Trinajstić information content (AvgIpc) is 2.39. The van der Waals surface area contributed by atoms with Crippen LogP contribution in [0.4, 0.5) is 17.6 Å². The van der Waals surface area contributed by atoms with Crippen molar-refractivity contribution in [2.24, 2.45) is 0 Å². The summed E-state index contributed by atoms with van der Waals surface area (Å²) in [5.41, 5.74) is 0.772. The first-order valence-corrected chi connectivity index (χ1v) is 5.66. The summed E-state index contributed by atoms with van der Waals surface area (Å²) in [6.45, 7) is 0.0488. The summed E-state index contributed by atoms with van der Waals surface area (Å²) in [5, 5.41) is 0. The molecular formula is C14H10F4O2. The molecular weight excluding hydrogens is 276 g/mol. The zero-order valence-corrected chi connectivity index (χ0v) is 10.2. The molecule has 0 atom stereocenters. The SMILES string of the molecule is Fc1ccc(OC(F)(F)F)cc1OCc1ccccc1.